The number of hydrogen-bond donors (Lipinski definition) is 0. The van der Waals surface area contributed by atoms with Crippen LogP contribution in [0.5, 0.6) is 11.5 Å². The van der Waals surface area contributed by atoms with E-state index in [1.165, 1.54) is 54.0 Å². The molecule has 3 aromatic carbocycles. The van der Waals surface area contributed by atoms with Crippen LogP contribution in [0, 0.1) is 0 Å². The smallest absolute Gasteiger partial charge is 0.243 e. The van der Waals surface area contributed by atoms with E-state index in [-0.39, 0.29) is 6.71 Å². The Morgan fingerprint density at radius 3 is 1.32 bits per heavy atom. The Hall–Kier alpha value is -2.32. The number of hydrogen-bond acceptors (Lipinski definition) is 4. The van der Waals surface area contributed by atoms with Crippen molar-refractivity contribution in [2.24, 2.45) is 0 Å². The molecule has 5 aromatic rings. The van der Waals surface area contributed by atoms with Crippen molar-refractivity contribution in [3.63, 3.8) is 0 Å². The summed E-state index contributed by atoms with van der Waals surface area (Å²) in [4.78, 5) is 2.38. The van der Waals surface area contributed by atoms with E-state index in [2.05, 4.69) is 134 Å². The van der Waals surface area contributed by atoms with Crippen molar-refractivity contribution in [2.45, 2.75) is 59.3 Å². The van der Waals surface area contributed by atoms with Crippen molar-refractivity contribution >= 4 is 77.6 Å². The zero-order chi connectivity index (χ0) is 31.4. The standard InChI is InChI=1S/C37H37BBr2O2S2/c1-19(2)22-13-23(20(3)4)37(24(14-22)21(5)6)38-29-15-27(33-9-11-35(39)43-33)31(41-7)17-25(29)26-18-32(42-8)28(16-30(26)38)34-10-12-36(40)44-34/h9-21H,1-8H3. The summed E-state index contributed by atoms with van der Waals surface area (Å²) in [5.41, 5.74) is 13.1. The molecule has 7 heteroatoms. The predicted octanol–water partition coefficient (Wildman–Crippen LogP) is 10.6. The van der Waals surface area contributed by atoms with Crippen LogP contribution >= 0.6 is 54.5 Å². The second-order valence-corrected chi connectivity index (χ2v) is 17.4. The summed E-state index contributed by atoms with van der Waals surface area (Å²) in [6.45, 7) is 14.1. The Morgan fingerprint density at radius 1 is 0.568 bits per heavy atom. The minimum Gasteiger partial charge on any atom is -0.496 e. The van der Waals surface area contributed by atoms with Gasteiger partial charge in [-0.25, -0.2) is 0 Å². The van der Waals surface area contributed by atoms with E-state index in [9.17, 15) is 0 Å². The molecule has 0 bridgehead atoms. The molecule has 0 radical (unpaired) electrons. The lowest BCUT2D eigenvalue weighted by atomic mass is 9.36. The molecule has 0 aliphatic carbocycles. The van der Waals surface area contributed by atoms with Gasteiger partial charge in [-0.1, -0.05) is 82.2 Å². The molecule has 6 rings (SSSR count). The molecule has 3 heterocycles. The summed E-state index contributed by atoms with van der Waals surface area (Å²) in [5, 5.41) is 0. The number of thiophene rings is 2. The van der Waals surface area contributed by atoms with Gasteiger partial charge in [-0.05, 0) is 114 Å². The Morgan fingerprint density at radius 2 is 1.00 bits per heavy atom. The van der Waals surface area contributed by atoms with Crippen LogP contribution in [0.15, 0.2) is 68.2 Å². The lowest BCUT2D eigenvalue weighted by Crippen LogP contribution is -2.52. The molecule has 2 nitrogen and oxygen atoms in total. The molecular weight excluding hydrogens is 711 g/mol. The third-order valence-electron chi connectivity index (χ3n) is 8.80. The van der Waals surface area contributed by atoms with Crippen molar-refractivity contribution in [1.82, 2.24) is 0 Å². The fraction of sp³-hybridized carbons (Fsp3) is 0.297. The monoisotopic (exact) mass is 746 g/mol. The molecule has 1 aliphatic heterocycles. The van der Waals surface area contributed by atoms with E-state index in [1.807, 2.05) is 0 Å². The Balaban J connectivity index is 1.73. The Labute approximate surface area is 287 Å². The zero-order valence-corrected chi connectivity index (χ0v) is 31.3. The highest BCUT2D eigenvalue weighted by Gasteiger charge is 2.39. The van der Waals surface area contributed by atoms with E-state index < -0.39 is 0 Å². The van der Waals surface area contributed by atoms with Crippen molar-refractivity contribution in [2.75, 3.05) is 14.2 Å². The number of fused-ring (bicyclic) bond motifs is 3. The van der Waals surface area contributed by atoms with Gasteiger partial charge in [-0.3, -0.25) is 0 Å². The van der Waals surface area contributed by atoms with Crippen LogP contribution in [0.25, 0.3) is 32.0 Å². The lowest BCUT2D eigenvalue weighted by molar-refractivity contribution is 0.416. The maximum absolute atomic E-state index is 6.07. The maximum Gasteiger partial charge on any atom is 0.243 e. The topological polar surface area (TPSA) is 18.5 Å². The second-order valence-electron chi connectivity index (χ2n) is 12.5. The molecule has 2 aromatic heterocycles. The fourth-order valence-corrected chi connectivity index (χ4v) is 9.42. The highest BCUT2D eigenvalue weighted by Crippen LogP contribution is 2.43. The summed E-state index contributed by atoms with van der Waals surface area (Å²) < 4.78 is 14.4. The lowest BCUT2D eigenvalue weighted by Gasteiger charge is -2.27. The van der Waals surface area contributed by atoms with Crippen LogP contribution < -0.4 is 25.9 Å². The molecule has 0 saturated heterocycles. The summed E-state index contributed by atoms with van der Waals surface area (Å²) in [6.07, 6.45) is 0. The molecule has 0 unspecified atom stereocenters. The summed E-state index contributed by atoms with van der Waals surface area (Å²) in [7, 11) is 3.55. The minimum atomic E-state index is 0.0807. The van der Waals surface area contributed by atoms with Crippen LogP contribution in [0.2, 0.25) is 0 Å². The van der Waals surface area contributed by atoms with Crippen LogP contribution in [0.3, 0.4) is 0 Å². The highest BCUT2D eigenvalue weighted by molar-refractivity contribution is 9.11. The van der Waals surface area contributed by atoms with Gasteiger partial charge in [0.2, 0.25) is 6.71 Å². The summed E-state index contributed by atoms with van der Waals surface area (Å²) in [6, 6.07) is 22.9. The average Bonchev–Trinajstić information content (AvgIpc) is 3.71. The summed E-state index contributed by atoms with van der Waals surface area (Å²) >= 11 is 10.9. The number of methoxy groups -OCH3 is 2. The zero-order valence-electron chi connectivity index (χ0n) is 26.5. The van der Waals surface area contributed by atoms with Gasteiger partial charge in [0.1, 0.15) is 11.5 Å². The molecule has 0 fully saturated rings. The van der Waals surface area contributed by atoms with E-state index in [0.717, 1.165) is 30.2 Å². The van der Waals surface area contributed by atoms with Crippen molar-refractivity contribution in [1.29, 1.82) is 0 Å². The van der Waals surface area contributed by atoms with Gasteiger partial charge < -0.3 is 9.47 Å². The Kier molecular flexibility index (Phi) is 8.97. The predicted molar refractivity (Wildman–Crippen MR) is 200 cm³/mol. The summed E-state index contributed by atoms with van der Waals surface area (Å²) in [5.74, 6) is 3.00. The van der Waals surface area contributed by atoms with Crippen molar-refractivity contribution in [3.05, 3.63) is 84.9 Å². The van der Waals surface area contributed by atoms with Gasteiger partial charge in [-0.2, -0.15) is 0 Å². The van der Waals surface area contributed by atoms with Gasteiger partial charge in [-0.15, -0.1) is 22.7 Å². The van der Waals surface area contributed by atoms with Gasteiger partial charge in [0.15, 0.2) is 0 Å². The van der Waals surface area contributed by atoms with Gasteiger partial charge in [0, 0.05) is 20.9 Å². The van der Waals surface area contributed by atoms with Crippen LogP contribution in [0.4, 0.5) is 0 Å². The molecule has 1 aliphatic rings. The first-order chi connectivity index (χ1) is 21.0. The van der Waals surface area contributed by atoms with E-state index in [0.29, 0.717) is 17.8 Å². The number of benzene rings is 3. The molecule has 0 spiro atoms. The average molecular weight is 748 g/mol. The van der Waals surface area contributed by atoms with Gasteiger partial charge in [0.25, 0.3) is 0 Å². The number of halogens is 2. The fourth-order valence-electron chi connectivity index (χ4n) is 6.60. The van der Waals surface area contributed by atoms with Crippen molar-refractivity contribution < 1.29 is 9.47 Å². The van der Waals surface area contributed by atoms with E-state index in [1.54, 1.807) is 36.9 Å². The first-order valence-corrected chi connectivity index (χ1v) is 18.4. The second kappa shape index (κ2) is 12.5. The molecule has 44 heavy (non-hydrogen) atoms. The maximum atomic E-state index is 6.07. The highest BCUT2D eigenvalue weighted by atomic mass is 79.9. The number of ether oxygens (including phenoxy) is 2. The first-order valence-electron chi connectivity index (χ1n) is 15.2. The van der Waals surface area contributed by atoms with E-state index >= 15 is 0 Å². The minimum absolute atomic E-state index is 0.0807. The third-order valence-corrected chi connectivity index (χ3v) is 12.1. The molecule has 0 amide bonds. The van der Waals surface area contributed by atoms with Crippen LogP contribution in [-0.2, 0) is 0 Å². The normalized spacial score (nSPS) is 12.4. The molecule has 226 valence electrons. The molecule has 0 saturated carbocycles. The molecule has 0 N–H and O–H groups in total. The van der Waals surface area contributed by atoms with Crippen molar-refractivity contribution in [3.8, 4) is 43.5 Å². The van der Waals surface area contributed by atoms with Crippen LogP contribution in [0.1, 0.15) is 76.0 Å². The van der Waals surface area contributed by atoms with Gasteiger partial charge >= 0.3 is 0 Å². The van der Waals surface area contributed by atoms with E-state index in [4.69, 9.17) is 9.47 Å². The SMILES string of the molecule is COc1cc2c(cc1-c1ccc(Br)s1)B(c1c(C(C)C)cc(C(C)C)cc1C(C)C)c1cc(-c3ccc(Br)s3)c(OC)cc1-2. The largest absolute Gasteiger partial charge is 0.496 e. The van der Waals surface area contributed by atoms with Crippen LogP contribution in [-0.4, -0.2) is 20.9 Å². The first kappa shape index (κ1) is 31.7. The molecule has 0 atom stereocenters. The Bertz CT molecular complexity index is 1740. The molecular formula is C37H37BBr2O2S2. The quantitative estimate of drug-likeness (QED) is 0.144. The number of rotatable bonds is 8. The van der Waals surface area contributed by atoms with Gasteiger partial charge in [0.05, 0.1) is 21.8 Å². The third kappa shape index (κ3) is 5.52.